The fraction of sp³-hybridized carbons (Fsp3) is 0.308. The molecule has 1 aromatic heterocycles. The number of nitrogens with zero attached hydrogens (tertiary/aromatic N) is 3. The Morgan fingerprint density at radius 3 is 2.32 bits per heavy atom. The van der Waals surface area contributed by atoms with Gasteiger partial charge in [0, 0.05) is 29.1 Å². The molecule has 1 unspecified atom stereocenters. The Morgan fingerprint density at radius 2 is 1.76 bits per heavy atom. The molecule has 0 aliphatic carbocycles. The number of hydrogen-bond acceptors (Lipinski definition) is 8. The second kappa shape index (κ2) is 13.1. The summed E-state index contributed by atoms with van der Waals surface area (Å²) in [5, 5.41) is 12.9. The molecule has 0 saturated heterocycles. The molecule has 0 aliphatic rings. The maximum absolute atomic E-state index is 14.6. The third-order valence-electron chi connectivity index (χ3n) is 5.69. The number of rotatable bonds is 12. The van der Waals surface area contributed by atoms with Crippen molar-refractivity contribution < 1.29 is 32.8 Å². The quantitative estimate of drug-likeness (QED) is 0.167. The van der Waals surface area contributed by atoms with Crippen molar-refractivity contribution in [1.82, 2.24) is 9.80 Å². The zero-order chi connectivity index (χ0) is 27.8. The summed E-state index contributed by atoms with van der Waals surface area (Å²) in [6.45, 7) is 1.47. The maximum Gasteiger partial charge on any atom is 0.410 e. The largest absolute Gasteiger partial charge is 0.465 e. The standard InChI is InChI=1S/C26H27F2N3O6S/c1-4-37-26(33)30(13-20-22(27)6-5-7-23(20)28)24(14-36-16-32)21-15-38-25(19(21)12-29(2)3)17-8-10-18(11-9-17)31(34)35/h5-11,15-16,24H,4,12-14H2,1-3H3. The number of benzene rings is 2. The molecule has 202 valence electrons. The van der Waals surface area contributed by atoms with E-state index in [4.69, 9.17) is 9.47 Å². The van der Waals surface area contributed by atoms with Crippen molar-refractivity contribution >= 4 is 29.6 Å². The van der Waals surface area contributed by atoms with Gasteiger partial charge in [0.2, 0.25) is 0 Å². The smallest absolute Gasteiger partial charge is 0.410 e. The van der Waals surface area contributed by atoms with Crippen LogP contribution in [0.3, 0.4) is 0 Å². The van der Waals surface area contributed by atoms with Crippen molar-refractivity contribution in [3.63, 3.8) is 0 Å². The zero-order valence-corrected chi connectivity index (χ0v) is 21.9. The van der Waals surface area contributed by atoms with Crippen LogP contribution in [0, 0.1) is 21.7 Å². The van der Waals surface area contributed by atoms with Crippen LogP contribution in [0.5, 0.6) is 0 Å². The fourth-order valence-corrected chi connectivity index (χ4v) is 5.11. The summed E-state index contributed by atoms with van der Waals surface area (Å²) in [6.07, 6.45) is -0.839. The molecule has 38 heavy (non-hydrogen) atoms. The SMILES string of the molecule is CCOC(=O)N(Cc1c(F)cccc1F)C(COC=O)c1csc(-c2ccc([N+](=O)[O-])cc2)c1CN(C)C. The van der Waals surface area contributed by atoms with Gasteiger partial charge in [-0.25, -0.2) is 13.6 Å². The molecule has 1 amide bonds. The molecule has 12 heteroatoms. The van der Waals surface area contributed by atoms with Gasteiger partial charge in [0.15, 0.2) is 0 Å². The fourth-order valence-electron chi connectivity index (χ4n) is 3.97. The Morgan fingerprint density at radius 1 is 1.11 bits per heavy atom. The van der Waals surface area contributed by atoms with Crippen molar-refractivity contribution in [3.8, 4) is 10.4 Å². The van der Waals surface area contributed by atoms with Crippen LogP contribution in [-0.4, -0.2) is 54.6 Å². The first-order chi connectivity index (χ1) is 18.2. The predicted molar refractivity (Wildman–Crippen MR) is 137 cm³/mol. The molecular formula is C26H27F2N3O6S. The number of hydrogen-bond donors (Lipinski definition) is 0. The topological polar surface area (TPSA) is 102 Å². The average Bonchev–Trinajstić information content (AvgIpc) is 3.27. The lowest BCUT2D eigenvalue weighted by Crippen LogP contribution is -2.38. The highest BCUT2D eigenvalue weighted by Gasteiger charge is 2.32. The van der Waals surface area contributed by atoms with E-state index in [0.29, 0.717) is 17.7 Å². The predicted octanol–water partition coefficient (Wildman–Crippen LogP) is 5.54. The molecule has 3 rings (SSSR count). The minimum absolute atomic E-state index is 0.0125. The number of amides is 1. The van der Waals surface area contributed by atoms with Gasteiger partial charge >= 0.3 is 6.09 Å². The van der Waals surface area contributed by atoms with Gasteiger partial charge in [0.05, 0.1) is 24.1 Å². The number of nitro groups is 1. The molecule has 2 aromatic carbocycles. The first-order valence-electron chi connectivity index (χ1n) is 11.6. The van der Waals surface area contributed by atoms with Gasteiger partial charge < -0.3 is 14.4 Å². The number of carbonyl (C=O) groups excluding carboxylic acids is 2. The molecule has 3 aromatic rings. The monoisotopic (exact) mass is 547 g/mol. The summed E-state index contributed by atoms with van der Waals surface area (Å²) >= 11 is 1.34. The molecule has 0 saturated carbocycles. The van der Waals surface area contributed by atoms with E-state index in [2.05, 4.69) is 0 Å². The molecule has 0 radical (unpaired) electrons. The minimum atomic E-state index is -0.948. The minimum Gasteiger partial charge on any atom is -0.465 e. The van der Waals surface area contributed by atoms with Crippen molar-refractivity contribution in [2.75, 3.05) is 27.3 Å². The first-order valence-corrected chi connectivity index (χ1v) is 12.5. The van der Waals surface area contributed by atoms with Crippen LogP contribution < -0.4 is 0 Å². The molecule has 9 nitrogen and oxygen atoms in total. The zero-order valence-electron chi connectivity index (χ0n) is 21.1. The average molecular weight is 548 g/mol. The number of carbonyl (C=O) groups is 2. The lowest BCUT2D eigenvalue weighted by Gasteiger charge is -2.31. The van der Waals surface area contributed by atoms with E-state index >= 15 is 0 Å². The van der Waals surface area contributed by atoms with Crippen LogP contribution in [0.4, 0.5) is 19.3 Å². The van der Waals surface area contributed by atoms with Gasteiger partial charge in [-0.1, -0.05) is 6.07 Å². The molecular weight excluding hydrogens is 520 g/mol. The first kappa shape index (κ1) is 28.7. The summed E-state index contributed by atoms with van der Waals surface area (Å²) in [4.78, 5) is 38.7. The maximum atomic E-state index is 14.6. The van der Waals surface area contributed by atoms with Gasteiger partial charge in [0.1, 0.15) is 18.2 Å². The van der Waals surface area contributed by atoms with E-state index in [-0.39, 0.29) is 30.9 Å². The molecule has 0 N–H and O–H groups in total. The van der Waals surface area contributed by atoms with Crippen LogP contribution >= 0.6 is 11.3 Å². The third-order valence-corrected chi connectivity index (χ3v) is 6.78. The molecule has 1 atom stereocenters. The molecule has 0 fully saturated rings. The van der Waals surface area contributed by atoms with Crippen molar-refractivity contribution in [3.05, 3.63) is 86.3 Å². The van der Waals surface area contributed by atoms with Crippen molar-refractivity contribution in [2.45, 2.75) is 26.1 Å². The van der Waals surface area contributed by atoms with Gasteiger partial charge in [-0.3, -0.25) is 19.8 Å². The highest BCUT2D eigenvalue weighted by Crippen LogP contribution is 2.39. The van der Waals surface area contributed by atoms with Crippen LogP contribution in [0.1, 0.15) is 29.7 Å². The van der Waals surface area contributed by atoms with Crippen molar-refractivity contribution in [2.24, 2.45) is 0 Å². The Kier molecular flexibility index (Phi) is 9.85. The molecule has 0 aliphatic heterocycles. The van der Waals surface area contributed by atoms with E-state index in [0.717, 1.165) is 27.5 Å². The number of nitro benzene ring substituents is 1. The Hall–Kier alpha value is -3.90. The van der Waals surface area contributed by atoms with Crippen LogP contribution in [0.25, 0.3) is 10.4 Å². The van der Waals surface area contributed by atoms with E-state index in [1.54, 1.807) is 24.4 Å². The summed E-state index contributed by atoms with van der Waals surface area (Å²) in [7, 11) is 3.69. The summed E-state index contributed by atoms with van der Waals surface area (Å²) in [6, 6.07) is 8.50. The van der Waals surface area contributed by atoms with E-state index in [9.17, 15) is 28.5 Å². The van der Waals surface area contributed by atoms with Gasteiger partial charge in [-0.05, 0) is 67.4 Å². The number of thiophene rings is 1. The summed E-state index contributed by atoms with van der Waals surface area (Å²) in [5.74, 6) is -1.67. The Bertz CT molecular complexity index is 1260. The number of non-ortho nitro benzene ring substituents is 1. The second-order valence-electron chi connectivity index (χ2n) is 8.51. The summed E-state index contributed by atoms with van der Waals surface area (Å²) in [5.41, 5.74) is 1.66. The van der Waals surface area contributed by atoms with E-state index in [1.165, 1.54) is 29.5 Å². The molecule has 1 heterocycles. The summed E-state index contributed by atoms with van der Waals surface area (Å²) < 4.78 is 39.5. The Labute approximate surface area is 222 Å². The van der Waals surface area contributed by atoms with Gasteiger partial charge in [-0.15, -0.1) is 11.3 Å². The highest BCUT2D eigenvalue weighted by atomic mass is 32.1. The third kappa shape index (κ3) is 6.69. The van der Waals surface area contributed by atoms with Crippen LogP contribution in [-0.2, 0) is 27.4 Å². The lowest BCUT2D eigenvalue weighted by atomic mass is 9.99. The second-order valence-corrected chi connectivity index (χ2v) is 9.39. The highest BCUT2D eigenvalue weighted by molar-refractivity contribution is 7.14. The molecule has 0 spiro atoms. The molecule has 0 bridgehead atoms. The van der Waals surface area contributed by atoms with E-state index in [1.807, 2.05) is 19.0 Å². The van der Waals surface area contributed by atoms with Crippen LogP contribution in [0.2, 0.25) is 0 Å². The van der Waals surface area contributed by atoms with Crippen molar-refractivity contribution in [1.29, 1.82) is 0 Å². The van der Waals surface area contributed by atoms with E-state index < -0.39 is 35.2 Å². The van der Waals surface area contributed by atoms with Gasteiger partial charge in [-0.2, -0.15) is 0 Å². The van der Waals surface area contributed by atoms with Gasteiger partial charge in [0.25, 0.3) is 12.2 Å². The number of ether oxygens (including phenoxy) is 2. The lowest BCUT2D eigenvalue weighted by molar-refractivity contribution is -0.384. The Balaban J connectivity index is 2.15. The normalized spacial score (nSPS) is 11.7. The van der Waals surface area contributed by atoms with Crippen LogP contribution in [0.15, 0.2) is 47.8 Å². The number of halogens is 2.